The zero-order valence-corrected chi connectivity index (χ0v) is 10.4. The minimum absolute atomic E-state index is 0.727. The summed E-state index contributed by atoms with van der Waals surface area (Å²) in [4.78, 5) is 4.47. The highest BCUT2D eigenvalue weighted by Crippen LogP contribution is 2.23. The third-order valence-corrected chi connectivity index (χ3v) is 4.19. The quantitative estimate of drug-likeness (QED) is 0.853. The lowest BCUT2D eigenvalue weighted by Gasteiger charge is -2.26. The van der Waals surface area contributed by atoms with Crippen LogP contribution >= 0.6 is 11.3 Å². The Morgan fingerprint density at radius 2 is 2.13 bits per heavy atom. The molecular weight excluding hydrogens is 204 g/mol. The first-order chi connectivity index (χ1) is 7.24. The first-order valence-corrected chi connectivity index (χ1v) is 6.76. The van der Waals surface area contributed by atoms with Crippen molar-refractivity contribution in [3.8, 4) is 0 Å². The standard InChI is InChI=1S/C12H20N2S/c1-9-3-5-11(6-4-9)13-7-12-14-10(2)8-15-12/h8-9,11,13H,3-7H2,1-2H3. The van der Waals surface area contributed by atoms with Crippen molar-refractivity contribution in [2.45, 2.75) is 52.1 Å². The molecule has 1 aliphatic carbocycles. The van der Waals surface area contributed by atoms with Gasteiger partial charge in [0, 0.05) is 23.7 Å². The lowest BCUT2D eigenvalue weighted by Crippen LogP contribution is -2.32. The van der Waals surface area contributed by atoms with Crippen molar-refractivity contribution < 1.29 is 0 Å². The van der Waals surface area contributed by atoms with E-state index in [0.717, 1.165) is 24.2 Å². The van der Waals surface area contributed by atoms with Crippen LogP contribution in [0.5, 0.6) is 0 Å². The fourth-order valence-electron chi connectivity index (χ4n) is 2.18. The van der Waals surface area contributed by atoms with Crippen LogP contribution in [0.2, 0.25) is 0 Å². The van der Waals surface area contributed by atoms with Crippen LogP contribution in [-0.4, -0.2) is 11.0 Å². The average Bonchev–Trinajstić information content (AvgIpc) is 2.64. The van der Waals surface area contributed by atoms with Crippen LogP contribution in [0.4, 0.5) is 0 Å². The molecule has 1 aromatic heterocycles. The molecule has 1 aromatic rings. The van der Waals surface area contributed by atoms with Gasteiger partial charge in [-0.2, -0.15) is 0 Å². The summed E-state index contributed by atoms with van der Waals surface area (Å²) >= 11 is 1.77. The Labute approximate surface area is 96.1 Å². The number of thiazole rings is 1. The summed E-state index contributed by atoms with van der Waals surface area (Å²) in [7, 11) is 0. The van der Waals surface area contributed by atoms with Crippen LogP contribution in [0.15, 0.2) is 5.38 Å². The van der Waals surface area contributed by atoms with Crippen LogP contribution < -0.4 is 5.32 Å². The summed E-state index contributed by atoms with van der Waals surface area (Å²) in [5.41, 5.74) is 1.15. The molecule has 1 fully saturated rings. The minimum atomic E-state index is 0.727. The number of nitrogens with zero attached hydrogens (tertiary/aromatic N) is 1. The van der Waals surface area contributed by atoms with Gasteiger partial charge in [0.05, 0.1) is 0 Å². The normalized spacial score (nSPS) is 26.8. The lowest BCUT2D eigenvalue weighted by molar-refractivity contribution is 0.306. The summed E-state index contributed by atoms with van der Waals surface area (Å²) < 4.78 is 0. The van der Waals surface area contributed by atoms with Gasteiger partial charge in [0.2, 0.25) is 0 Å². The van der Waals surface area contributed by atoms with E-state index in [1.165, 1.54) is 30.7 Å². The molecule has 0 saturated heterocycles. The van der Waals surface area contributed by atoms with Crippen molar-refractivity contribution >= 4 is 11.3 Å². The predicted molar refractivity (Wildman–Crippen MR) is 65.1 cm³/mol. The van der Waals surface area contributed by atoms with E-state index in [4.69, 9.17) is 0 Å². The summed E-state index contributed by atoms with van der Waals surface area (Å²) in [6.07, 6.45) is 5.44. The van der Waals surface area contributed by atoms with Gasteiger partial charge < -0.3 is 5.32 Å². The Hall–Kier alpha value is -0.410. The van der Waals surface area contributed by atoms with Crippen molar-refractivity contribution in [2.75, 3.05) is 0 Å². The maximum absolute atomic E-state index is 4.47. The molecule has 0 radical (unpaired) electrons. The molecule has 0 aromatic carbocycles. The number of aryl methyl sites for hydroxylation is 1. The highest BCUT2D eigenvalue weighted by atomic mass is 32.1. The third-order valence-electron chi connectivity index (χ3n) is 3.22. The Morgan fingerprint density at radius 1 is 1.40 bits per heavy atom. The molecule has 0 bridgehead atoms. The number of hydrogen-bond acceptors (Lipinski definition) is 3. The van der Waals surface area contributed by atoms with Gasteiger partial charge >= 0.3 is 0 Å². The SMILES string of the molecule is Cc1csc(CNC2CCC(C)CC2)n1. The second kappa shape index (κ2) is 5.08. The van der Waals surface area contributed by atoms with E-state index in [2.05, 4.69) is 29.5 Å². The predicted octanol–water partition coefficient (Wildman–Crippen LogP) is 3.12. The number of aromatic nitrogens is 1. The van der Waals surface area contributed by atoms with Crippen molar-refractivity contribution in [3.63, 3.8) is 0 Å². The van der Waals surface area contributed by atoms with Gasteiger partial charge in [-0.25, -0.2) is 4.98 Å². The van der Waals surface area contributed by atoms with Crippen molar-refractivity contribution in [1.29, 1.82) is 0 Å². The van der Waals surface area contributed by atoms with Crippen LogP contribution in [0.1, 0.15) is 43.3 Å². The fraction of sp³-hybridized carbons (Fsp3) is 0.750. The zero-order chi connectivity index (χ0) is 10.7. The smallest absolute Gasteiger partial charge is 0.107 e. The van der Waals surface area contributed by atoms with E-state index in [1.807, 2.05) is 0 Å². The van der Waals surface area contributed by atoms with Gasteiger partial charge in [-0.1, -0.05) is 6.92 Å². The number of rotatable bonds is 3. The van der Waals surface area contributed by atoms with Gasteiger partial charge in [-0.15, -0.1) is 11.3 Å². The first-order valence-electron chi connectivity index (χ1n) is 5.88. The molecule has 15 heavy (non-hydrogen) atoms. The van der Waals surface area contributed by atoms with Crippen LogP contribution in [0.25, 0.3) is 0 Å². The Balaban J connectivity index is 1.74. The summed E-state index contributed by atoms with van der Waals surface area (Å²) in [6.45, 7) is 5.38. The highest BCUT2D eigenvalue weighted by molar-refractivity contribution is 7.09. The highest BCUT2D eigenvalue weighted by Gasteiger charge is 2.17. The van der Waals surface area contributed by atoms with Gasteiger partial charge in [0.25, 0.3) is 0 Å². The minimum Gasteiger partial charge on any atom is -0.308 e. The van der Waals surface area contributed by atoms with E-state index in [0.29, 0.717) is 0 Å². The Kier molecular flexibility index (Phi) is 3.76. The Morgan fingerprint density at radius 3 is 2.73 bits per heavy atom. The molecule has 0 atom stereocenters. The molecule has 1 aliphatic rings. The van der Waals surface area contributed by atoms with E-state index in [1.54, 1.807) is 11.3 Å². The van der Waals surface area contributed by atoms with E-state index in [-0.39, 0.29) is 0 Å². The van der Waals surface area contributed by atoms with Gasteiger partial charge in [0.1, 0.15) is 5.01 Å². The molecule has 2 rings (SSSR count). The summed E-state index contributed by atoms with van der Waals surface area (Å²) in [5, 5.41) is 6.97. The Bertz CT molecular complexity index is 300. The largest absolute Gasteiger partial charge is 0.308 e. The maximum Gasteiger partial charge on any atom is 0.107 e. The molecule has 1 heterocycles. The van der Waals surface area contributed by atoms with E-state index < -0.39 is 0 Å². The molecule has 0 aliphatic heterocycles. The van der Waals surface area contributed by atoms with Gasteiger partial charge in [-0.05, 0) is 38.5 Å². The zero-order valence-electron chi connectivity index (χ0n) is 9.62. The molecule has 1 saturated carbocycles. The van der Waals surface area contributed by atoms with E-state index in [9.17, 15) is 0 Å². The summed E-state index contributed by atoms with van der Waals surface area (Å²) in [5.74, 6) is 0.935. The van der Waals surface area contributed by atoms with Crippen LogP contribution in [0.3, 0.4) is 0 Å². The van der Waals surface area contributed by atoms with Gasteiger partial charge in [0.15, 0.2) is 0 Å². The number of nitrogens with one attached hydrogen (secondary N) is 1. The fourth-order valence-corrected chi connectivity index (χ4v) is 2.90. The van der Waals surface area contributed by atoms with Crippen LogP contribution in [-0.2, 0) is 6.54 Å². The molecule has 0 spiro atoms. The lowest BCUT2D eigenvalue weighted by atomic mass is 9.87. The second-order valence-electron chi connectivity index (χ2n) is 4.72. The number of hydrogen-bond donors (Lipinski definition) is 1. The third kappa shape index (κ3) is 3.28. The average molecular weight is 224 g/mol. The topological polar surface area (TPSA) is 24.9 Å². The molecule has 0 unspecified atom stereocenters. The van der Waals surface area contributed by atoms with Crippen molar-refractivity contribution in [1.82, 2.24) is 10.3 Å². The molecule has 0 amide bonds. The molecule has 1 N–H and O–H groups in total. The van der Waals surface area contributed by atoms with E-state index >= 15 is 0 Å². The monoisotopic (exact) mass is 224 g/mol. The van der Waals surface area contributed by atoms with Gasteiger partial charge in [-0.3, -0.25) is 0 Å². The molecular formula is C12H20N2S. The molecule has 3 heteroatoms. The molecule has 84 valence electrons. The van der Waals surface area contributed by atoms with Crippen molar-refractivity contribution in [2.24, 2.45) is 5.92 Å². The summed E-state index contributed by atoms with van der Waals surface area (Å²) in [6, 6.07) is 0.727. The second-order valence-corrected chi connectivity index (χ2v) is 5.66. The van der Waals surface area contributed by atoms with Crippen molar-refractivity contribution in [3.05, 3.63) is 16.1 Å². The molecule has 2 nitrogen and oxygen atoms in total. The maximum atomic E-state index is 4.47. The first kappa shape index (κ1) is 11.1. The van der Waals surface area contributed by atoms with Crippen LogP contribution in [0, 0.1) is 12.8 Å².